The minimum atomic E-state index is -0.401. The van der Waals surface area contributed by atoms with Crippen LogP contribution in [0.2, 0.25) is 0 Å². The maximum atomic E-state index is 12.6. The molecule has 0 spiro atoms. The summed E-state index contributed by atoms with van der Waals surface area (Å²) in [5.74, 6) is -0.473. The highest BCUT2D eigenvalue weighted by atomic mass is 16.5. The molecular weight excluding hydrogens is 296 g/mol. The molecule has 0 unspecified atom stereocenters. The van der Waals surface area contributed by atoms with Crippen molar-refractivity contribution in [2.75, 3.05) is 13.2 Å². The van der Waals surface area contributed by atoms with Crippen molar-refractivity contribution in [3.63, 3.8) is 0 Å². The van der Waals surface area contributed by atoms with E-state index in [-0.39, 0.29) is 5.91 Å². The molecule has 0 aromatic carbocycles. The SMILES string of the molecule is CCOC(=O)c1c2c(nn1C)CCN(C(=O)c1ccncc1)C2. The van der Waals surface area contributed by atoms with E-state index in [0.717, 1.165) is 11.3 Å². The van der Waals surface area contributed by atoms with E-state index < -0.39 is 5.97 Å². The number of rotatable bonds is 3. The molecule has 3 heterocycles. The van der Waals surface area contributed by atoms with Gasteiger partial charge in [-0.2, -0.15) is 5.10 Å². The highest BCUT2D eigenvalue weighted by Gasteiger charge is 2.30. The third-order valence-electron chi connectivity index (χ3n) is 3.88. The number of pyridine rings is 1. The second-order valence-electron chi connectivity index (χ2n) is 5.33. The first-order chi connectivity index (χ1) is 11.1. The van der Waals surface area contributed by atoms with Gasteiger partial charge in [0.1, 0.15) is 0 Å². The molecule has 120 valence electrons. The van der Waals surface area contributed by atoms with Crippen LogP contribution >= 0.6 is 0 Å². The number of aromatic nitrogens is 3. The summed E-state index contributed by atoms with van der Waals surface area (Å²) >= 11 is 0. The lowest BCUT2D eigenvalue weighted by Gasteiger charge is -2.26. The minimum absolute atomic E-state index is 0.0725. The zero-order chi connectivity index (χ0) is 16.4. The second-order valence-corrected chi connectivity index (χ2v) is 5.33. The van der Waals surface area contributed by atoms with Crippen molar-refractivity contribution in [2.45, 2.75) is 19.9 Å². The van der Waals surface area contributed by atoms with Gasteiger partial charge in [0.05, 0.1) is 18.8 Å². The summed E-state index contributed by atoms with van der Waals surface area (Å²) in [7, 11) is 1.72. The molecule has 0 atom stereocenters. The van der Waals surface area contributed by atoms with Crippen LogP contribution in [0.4, 0.5) is 0 Å². The van der Waals surface area contributed by atoms with Crippen LogP contribution in [0.1, 0.15) is 39.0 Å². The highest BCUT2D eigenvalue weighted by Crippen LogP contribution is 2.23. The molecule has 0 saturated heterocycles. The van der Waals surface area contributed by atoms with Crippen LogP contribution in [-0.4, -0.2) is 44.7 Å². The molecule has 2 aromatic rings. The number of amides is 1. The number of hydrogen-bond donors (Lipinski definition) is 0. The Hall–Kier alpha value is -2.70. The number of hydrogen-bond acceptors (Lipinski definition) is 5. The molecular formula is C16H18N4O3. The van der Waals surface area contributed by atoms with Gasteiger partial charge in [0.25, 0.3) is 5.91 Å². The van der Waals surface area contributed by atoms with Crippen molar-refractivity contribution in [3.05, 3.63) is 47.0 Å². The average molecular weight is 314 g/mol. The molecule has 0 aliphatic carbocycles. The van der Waals surface area contributed by atoms with Crippen LogP contribution in [0.5, 0.6) is 0 Å². The number of ether oxygens (including phenoxy) is 1. The van der Waals surface area contributed by atoms with Gasteiger partial charge in [-0.3, -0.25) is 14.5 Å². The van der Waals surface area contributed by atoms with E-state index in [1.54, 1.807) is 48.1 Å². The standard InChI is InChI=1S/C16H18N4O3/c1-3-23-16(22)14-12-10-20(9-6-13(12)18-19(14)2)15(21)11-4-7-17-8-5-11/h4-5,7-8H,3,6,9-10H2,1-2H3. The number of esters is 1. The Kier molecular flexibility index (Phi) is 4.10. The molecule has 0 radical (unpaired) electrons. The summed E-state index contributed by atoms with van der Waals surface area (Å²) in [4.78, 5) is 30.4. The summed E-state index contributed by atoms with van der Waals surface area (Å²) in [6, 6.07) is 3.38. The molecule has 0 N–H and O–H groups in total. The number of fused-ring (bicyclic) bond motifs is 1. The maximum Gasteiger partial charge on any atom is 0.356 e. The molecule has 1 aliphatic rings. The Morgan fingerprint density at radius 3 is 2.74 bits per heavy atom. The lowest BCUT2D eigenvalue weighted by Crippen LogP contribution is -2.36. The first-order valence-corrected chi connectivity index (χ1v) is 7.53. The molecule has 1 amide bonds. The topological polar surface area (TPSA) is 77.3 Å². The third kappa shape index (κ3) is 2.81. The molecule has 0 fully saturated rings. The number of aryl methyl sites for hydroxylation is 1. The van der Waals surface area contributed by atoms with Crippen LogP contribution in [0, 0.1) is 0 Å². The quantitative estimate of drug-likeness (QED) is 0.795. The van der Waals surface area contributed by atoms with Crippen LogP contribution in [0.15, 0.2) is 24.5 Å². The van der Waals surface area contributed by atoms with Crippen LogP contribution in [0.25, 0.3) is 0 Å². The molecule has 0 bridgehead atoms. The van der Waals surface area contributed by atoms with E-state index in [4.69, 9.17) is 4.74 Å². The normalized spacial score (nSPS) is 13.6. The van der Waals surface area contributed by atoms with Crippen molar-refractivity contribution in [2.24, 2.45) is 7.05 Å². The summed E-state index contributed by atoms with van der Waals surface area (Å²) < 4.78 is 6.65. The Bertz CT molecular complexity index is 739. The van der Waals surface area contributed by atoms with Gasteiger partial charge in [0.2, 0.25) is 0 Å². The largest absolute Gasteiger partial charge is 0.461 e. The van der Waals surface area contributed by atoms with Crippen molar-refractivity contribution in [1.29, 1.82) is 0 Å². The van der Waals surface area contributed by atoms with Gasteiger partial charge in [-0.25, -0.2) is 4.79 Å². The predicted molar refractivity (Wildman–Crippen MR) is 81.8 cm³/mol. The van der Waals surface area contributed by atoms with Crippen molar-refractivity contribution in [3.8, 4) is 0 Å². The third-order valence-corrected chi connectivity index (χ3v) is 3.88. The van der Waals surface area contributed by atoms with E-state index in [9.17, 15) is 9.59 Å². The van der Waals surface area contributed by atoms with Gasteiger partial charge in [-0.15, -0.1) is 0 Å². The van der Waals surface area contributed by atoms with E-state index in [1.807, 2.05) is 0 Å². The minimum Gasteiger partial charge on any atom is -0.461 e. The van der Waals surface area contributed by atoms with Crippen LogP contribution in [-0.2, 0) is 24.8 Å². The van der Waals surface area contributed by atoms with E-state index >= 15 is 0 Å². The van der Waals surface area contributed by atoms with Crippen molar-refractivity contribution >= 4 is 11.9 Å². The summed E-state index contributed by atoms with van der Waals surface area (Å²) in [5.41, 5.74) is 2.65. The van der Waals surface area contributed by atoms with Gasteiger partial charge in [-0.1, -0.05) is 0 Å². The Balaban J connectivity index is 1.88. The molecule has 7 nitrogen and oxygen atoms in total. The number of carbonyl (C=O) groups is 2. The van der Waals surface area contributed by atoms with Crippen molar-refractivity contribution in [1.82, 2.24) is 19.7 Å². The second kappa shape index (κ2) is 6.20. The van der Waals surface area contributed by atoms with Gasteiger partial charge in [0, 0.05) is 43.5 Å². The first-order valence-electron chi connectivity index (χ1n) is 7.53. The lowest BCUT2D eigenvalue weighted by molar-refractivity contribution is 0.0508. The smallest absolute Gasteiger partial charge is 0.356 e. The molecule has 1 aliphatic heterocycles. The zero-order valence-electron chi connectivity index (χ0n) is 13.2. The lowest BCUT2D eigenvalue weighted by atomic mass is 10.0. The van der Waals surface area contributed by atoms with E-state index in [0.29, 0.717) is 37.4 Å². The van der Waals surface area contributed by atoms with Gasteiger partial charge < -0.3 is 9.64 Å². The van der Waals surface area contributed by atoms with Gasteiger partial charge in [0.15, 0.2) is 5.69 Å². The van der Waals surface area contributed by atoms with Gasteiger partial charge in [-0.05, 0) is 19.1 Å². The molecule has 0 saturated carbocycles. The first kappa shape index (κ1) is 15.2. The Morgan fingerprint density at radius 2 is 2.04 bits per heavy atom. The van der Waals surface area contributed by atoms with Crippen LogP contribution < -0.4 is 0 Å². The van der Waals surface area contributed by atoms with Crippen molar-refractivity contribution < 1.29 is 14.3 Å². The fourth-order valence-electron chi connectivity index (χ4n) is 2.81. The summed E-state index contributed by atoms with van der Waals surface area (Å²) in [5, 5.41) is 4.39. The molecule has 3 rings (SSSR count). The number of nitrogens with zero attached hydrogens (tertiary/aromatic N) is 4. The molecule has 23 heavy (non-hydrogen) atoms. The fraction of sp³-hybridized carbons (Fsp3) is 0.375. The van der Waals surface area contributed by atoms with Gasteiger partial charge >= 0.3 is 5.97 Å². The van der Waals surface area contributed by atoms with Crippen LogP contribution in [0.3, 0.4) is 0 Å². The average Bonchev–Trinajstić information content (AvgIpc) is 2.90. The molecule has 7 heteroatoms. The monoisotopic (exact) mass is 314 g/mol. The summed E-state index contributed by atoms with van der Waals surface area (Å²) in [6.07, 6.45) is 3.81. The van der Waals surface area contributed by atoms with E-state index in [1.165, 1.54) is 0 Å². The predicted octanol–water partition coefficient (Wildman–Crippen LogP) is 1.19. The Labute approximate surface area is 133 Å². The molecule has 2 aromatic heterocycles. The summed E-state index contributed by atoms with van der Waals surface area (Å²) in [6.45, 7) is 3.00. The number of carbonyl (C=O) groups excluding carboxylic acids is 2. The zero-order valence-corrected chi connectivity index (χ0v) is 13.2. The Morgan fingerprint density at radius 1 is 1.30 bits per heavy atom. The maximum absolute atomic E-state index is 12.6. The fourth-order valence-corrected chi connectivity index (χ4v) is 2.81. The van der Waals surface area contributed by atoms with E-state index in [2.05, 4.69) is 10.1 Å². The highest BCUT2D eigenvalue weighted by molar-refractivity contribution is 5.95.